The van der Waals surface area contributed by atoms with Crippen LogP contribution in [0.2, 0.25) is 0 Å². The van der Waals surface area contributed by atoms with Gasteiger partial charge in [0.25, 0.3) is 0 Å². The molecule has 0 bridgehead atoms. The third-order valence-electron chi connectivity index (χ3n) is 6.00. The molecule has 2 fully saturated rings. The normalized spacial score (nSPS) is 27.0. The zero-order valence-corrected chi connectivity index (χ0v) is 17.3. The van der Waals surface area contributed by atoms with Crippen LogP contribution in [-0.2, 0) is 19.1 Å². The monoisotopic (exact) mass is 418 g/mol. The minimum absolute atomic E-state index is 0.00274. The van der Waals surface area contributed by atoms with E-state index in [9.17, 15) is 14.7 Å². The predicted molar refractivity (Wildman–Crippen MR) is 109 cm³/mol. The first-order valence-corrected chi connectivity index (χ1v) is 10.7. The van der Waals surface area contributed by atoms with E-state index in [1.165, 1.54) is 0 Å². The molecule has 2 amide bonds. The highest BCUT2D eigenvalue weighted by molar-refractivity contribution is 5.91. The molecule has 1 aliphatic carbocycles. The summed E-state index contributed by atoms with van der Waals surface area (Å²) in [5.41, 5.74) is 1.75. The van der Waals surface area contributed by atoms with Crippen molar-refractivity contribution >= 4 is 17.5 Å². The summed E-state index contributed by atoms with van der Waals surface area (Å²) in [6, 6.07) is 5.66. The molecule has 0 aromatic heterocycles. The largest absolute Gasteiger partial charge is 0.487 e. The Hall–Kier alpha value is -2.16. The maximum absolute atomic E-state index is 12.2. The molecule has 0 radical (unpaired) electrons. The van der Waals surface area contributed by atoms with Gasteiger partial charge in [-0.15, -0.1) is 0 Å². The number of benzene rings is 1. The fourth-order valence-corrected chi connectivity index (χ4v) is 4.33. The number of carbonyl (C=O) groups is 2. The molecule has 2 aliphatic heterocycles. The number of nitrogens with one attached hydrogen (secondary N) is 2. The van der Waals surface area contributed by atoms with Crippen LogP contribution in [-0.4, -0.2) is 62.1 Å². The lowest BCUT2D eigenvalue weighted by Crippen LogP contribution is -2.47. The predicted octanol–water partition coefficient (Wildman–Crippen LogP) is 1.57. The molecule has 1 aromatic rings. The summed E-state index contributed by atoms with van der Waals surface area (Å²) in [6.45, 7) is 0.729. The number of hydrogen-bond donors (Lipinski definition) is 3. The van der Waals surface area contributed by atoms with Crippen LogP contribution in [0.4, 0.5) is 5.69 Å². The van der Waals surface area contributed by atoms with Gasteiger partial charge in [-0.2, -0.15) is 0 Å². The van der Waals surface area contributed by atoms with Gasteiger partial charge in [-0.1, -0.05) is 0 Å². The summed E-state index contributed by atoms with van der Waals surface area (Å²) in [6.07, 6.45) is 2.57. The van der Waals surface area contributed by atoms with Crippen LogP contribution >= 0.6 is 0 Å². The lowest BCUT2D eigenvalue weighted by molar-refractivity contribution is -0.142. The van der Waals surface area contributed by atoms with Gasteiger partial charge in [0, 0.05) is 37.2 Å². The fourth-order valence-electron chi connectivity index (χ4n) is 4.33. The van der Waals surface area contributed by atoms with Gasteiger partial charge in [-0.25, -0.2) is 0 Å². The van der Waals surface area contributed by atoms with Crippen LogP contribution in [0.5, 0.6) is 5.75 Å². The van der Waals surface area contributed by atoms with Crippen LogP contribution in [0.15, 0.2) is 18.2 Å². The van der Waals surface area contributed by atoms with Gasteiger partial charge >= 0.3 is 0 Å². The molecule has 2 heterocycles. The number of rotatable bonds is 9. The summed E-state index contributed by atoms with van der Waals surface area (Å²) in [5, 5.41) is 15.6. The summed E-state index contributed by atoms with van der Waals surface area (Å²) in [5.74, 6) is 1.22. The Kier molecular flexibility index (Phi) is 6.55. The van der Waals surface area contributed by atoms with Crippen molar-refractivity contribution in [3.8, 4) is 5.75 Å². The average Bonchev–Trinajstić information content (AvgIpc) is 3.46. The fraction of sp³-hybridized carbons (Fsp3) is 0.636. The van der Waals surface area contributed by atoms with Gasteiger partial charge in [0.1, 0.15) is 18.0 Å². The van der Waals surface area contributed by atoms with Crippen molar-refractivity contribution in [3.05, 3.63) is 23.8 Å². The van der Waals surface area contributed by atoms with E-state index in [1.807, 2.05) is 18.2 Å². The molecule has 1 saturated heterocycles. The Morgan fingerprint density at radius 3 is 2.80 bits per heavy atom. The highest BCUT2D eigenvalue weighted by atomic mass is 16.6. The van der Waals surface area contributed by atoms with Crippen molar-refractivity contribution in [1.29, 1.82) is 0 Å². The molecule has 4 atom stereocenters. The molecule has 8 nitrogen and oxygen atoms in total. The van der Waals surface area contributed by atoms with Crippen molar-refractivity contribution in [2.24, 2.45) is 5.92 Å². The van der Waals surface area contributed by atoms with Gasteiger partial charge in [0.2, 0.25) is 11.8 Å². The van der Waals surface area contributed by atoms with Crippen LogP contribution in [0, 0.1) is 5.92 Å². The lowest BCUT2D eigenvalue weighted by atomic mass is 9.84. The Bertz CT molecular complexity index is 781. The number of amides is 2. The first-order valence-electron chi connectivity index (χ1n) is 10.7. The lowest BCUT2D eigenvalue weighted by Gasteiger charge is -2.37. The number of methoxy groups -OCH3 is 1. The molecule has 3 aliphatic rings. The maximum Gasteiger partial charge on any atom is 0.224 e. The summed E-state index contributed by atoms with van der Waals surface area (Å²) in [7, 11) is 1.59. The van der Waals surface area contributed by atoms with Gasteiger partial charge in [0.15, 0.2) is 0 Å². The standard InChI is InChI=1S/C22H30N2O6/c1-28-7-6-23-20(26)11-15-10-17-16-9-14(24-21(27)8-13-2-3-13)4-5-18(16)30-22(17)19(12-25)29-15/h4-5,9,13,15,17,19,22,25H,2-3,6-8,10-12H2,1H3,(H,23,26)(H,24,27)/t15-,17-,19+,22+/m1/s1. The number of carbonyl (C=O) groups excluding carboxylic acids is 2. The van der Waals surface area contributed by atoms with Crippen LogP contribution in [0.1, 0.15) is 43.6 Å². The molecule has 8 heteroatoms. The van der Waals surface area contributed by atoms with E-state index >= 15 is 0 Å². The smallest absolute Gasteiger partial charge is 0.224 e. The number of aliphatic hydroxyl groups excluding tert-OH is 1. The zero-order chi connectivity index (χ0) is 21.1. The third-order valence-corrected chi connectivity index (χ3v) is 6.00. The summed E-state index contributed by atoms with van der Waals surface area (Å²) < 4.78 is 17.0. The molecule has 3 N–H and O–H groups in total. The second-order valence-corrected chi connectivity index (χ2v) is 8.40. The van der Waals surface area contributed by atoms with Crippen molar-refractivity contribution < 1.29 is 28.9 Å². The Morgan fingerprint density at radius 2 is 2.07 bits per heavy atom. The Labute approximate surface area is 176 Å². The number of fused-ring (bicyclic) bond motifs is 3. The average molecular weight is 418 g/mol. The quantitative estimate of drug-likeness (QED) is 0.526. The second-order valence-electron chi connectivity index (χ2n) is 8.40. The Morgan fingerprint density at radius 1 is 1.23 bits per heavy atom. The van der Waals surface area contributed by atoms with Crippen molar-refractivity contribution in [2.45, 2.75) is 56.3 Å². The number of ether oxygens (including phenoxy) is 3. The van der Waals surface area contributed by atoms with Crippen molar-refractivity contribution in [1.82, 2.24) is 5.32 Å². The van der Waals surface area contributed by atoms with Crippen LogP contribution in [0.25, 0.3) is 0 Å². The van der Waals surface area contributed by atoms with Gasteiger partial charge in [-0.3, -0.25) is 9.59 Å². The third kappa shape index (κ3) is 4.94. The van der Waals surface area contributed by atoms with Crippen molar-refractivity contribution in [3.63, 3.8) is 0 Å². The van der Waals surface area contributed by atoms with Crippen molar-refractivity contribution in [2.75, 3.05) is 32.2 Å². The number of hydrogen-bond acceptors (Lipinski definition) is 6. The number of aliphatic hydroxyl groups is 1. The Balaban J connectivity index is 1.43. The van der Waals surface area contributed by atoms with Crippen LogP contribution in [0.3, 0.4) is 0 Å². The van der Waals surface area contributed by atoms with Gasteiger partial charge in [-0.05, 0) is 43.4 Å². The van der Waals surface area contributed by atoms with E-state index < -0.39 is 6.10 Å². The molecule has 0 spiro atoms. The second kappa shape index (κ2) is 9.32. The molecule has 164 valence electrons. The van der Waals surface area contributed by atoms with E-state index in [-0.39, 0.29) is 43.0 Å². The van der Waals surface area contributed by atoms with E-state index in [0.29, 0.717) is 31.9 Å². The topological polar surface area (TPSA) is 106 Å². The van der Waals surface area contributed by atoms with E-state index in [2.05, 4.69) is 10.6 Å². The number of anilines is 1. The molecule has 1 aromatic carbocycles. The summed E-state index contributed by atoms with van der Waals surface area (Å²) >= 11 is 0. The highest BCUT2D eigenvalue weighted by Crippen LogP contribution is 2.47. The molecule has 4 rings (SSSR count). The van der Waals surface area contributed by atoms with Gasteiger partial charge < -0.3 is 30.0 Å². The molecular formula is C22H30N2O6. The molecule has 0 unspecified atom stereocenters. The minimum atomic E-state index is -0.499. The van der Waals surface area contributed by atoms with E-state index in [1.54, 1.807) is 7.11 Å². The minimum Gasteiger partial charge on any atom is -0.487 e. The SMILES string of the molecule is COCCNC(=O)C[C@H]1C[C@@H]2c3cc(NC(=O)CC4CC4)ccc3O[C@@H]2[C@H](CO)O1. The molecular weight excluding hydrogens is 388 g/mol. The molecule has 1 saturated carbocycles. The van der Waals surface area contributed by atoms with Gasteiger partial charge in [0.05, 0.1) is 25.7 Å². The first-order chi connectivity index (χ1) is 14.6. The highest BCUT2D eigenvalue weighted by Gasteiger charge is 2.46. The molecule has 30 heavy (non-hydrogen) atoms. The van der Waals surface area contributed by atoms with Crippen LogP contribution < -0.4 is 15.4 Å². The van der Waals surface area contributed by atoms with E-state index in [0.717, 1.165) is 29.8 Å². The summed E-state index contributed by atoms with van der Waals surface area (Å²) in [4.78, 5) is 24.4. The maximum atomic E-state index is 12.2. The first kappa shape index (κ1) is 21.1. The zero-order valence-electron chi connectivity index (χ0n) is 17.3. The van der Waals surface area contributed by atoms with E-state index in [4.69, 9.17) is 14.2 Å².